The quantitative estimate of drug-likeness (QED) is 0.796. The molecule has 9 heteroatoms. The average Bonchev–Trinajstić information content (AvgIpc) is 2.56. The van der Waals surface area contributed by atoms with Crippen LogP contribution in [0.2, 0.25) is 0 Å². The largest absolute Gasteiger partial charge is 0.420 e. The van der Waals surface area contributed by atoms with E-state index in [1.165, 1.54) is 18.3 Å². The number of amides is 3. The van der Waals surface area contributed by atoms with Gasteiger partial charge in [0.25, 0.3) is 5.91 Å². The molecule has 2 heterocycles. The summed E-state index contributed by atoms with van der Waals surface area (Å²) in [5.41, 5.74) is 2.87. The molecule has 0 aliphatic carbocycles. The number of anilines is 1. The molecule has 20 heavy (non-hydrogen) atoms. The highest BCUT2D eigenvalue weighted by Crippen LogP contribution is 2.35. The van der Waals surface area contributed by atoms with E-state index in [2.05, 4.69) is 4.98 Å². The van der Waals surface area contributed by atoms with Gasteiger partial charge < -0.3 is 11.1 Å². The highest BCUT2D eigenvalue weighted by Gasteiger charge is 2.64. The SMILES string of the molecule is CC1(C(F)(F)F)NC(=O)N(Cc2ccc(N)nc2)C1=O. The lowest BCUT2D eigenvalue weighted by atomic mass is 10.0. The molecule has 2 rings (SSSR count). The van der Waals surface area contributed by atoms with Gasteiger partial charge in [-0.2, -0.15) is 13.2 Å². The average molecular weight is 288 g/mol. The number of nitrogens with zero attached hydrogens (tertiary/aromatic N) is 2. The summed E-state index contributed by atoms with van der Waals surface area (Å²) in [7, 11) is 0. The molecule has 0 bridgehead atoms. The topological polar surface area (TPSA) is 88.3 Å². The van der Waals surface area contributed by atoms with Crippen LogP contribution < -0.4 is 11.1 Å². The van der Waals surface area contributed by atoms with Gasteiger partial charge in [-0.15, -0.1) is 0 Å². The van der Waals surface area contributed by atoms with E-state index < -0.39 is 23.7 Å². The van der Waals surface area contributed by atoms with E-state index in [0.717, 1.165) is 0 Å². The first-order valence-electron chi connectivity index (χ1n) is 5.56. The first kappa shape index (κ1) is 14.1. The lowest BCUT2D eigenvalue weighted by Gasteiger charge is -2.24. The Morgan fingerprint density at radius 3 is 2.50 bits per heavy atom. The molecule has 1 aliphatic rings. The van der Waals surface area contributed by atoms with Gasteiger partial charge in [0.15, 0.2) is 0 Å². The van der Waals surface area contributed by atoms with Gasteiger partial charge in [0.05, 0.1) is 6.54 Å². The summed E-state index contributed by atoms with van der Waals surface area (Å²) < 4.78 is 38.5. The van der Waals surface area contributed by atoms with Gasteiger partial charge in [0.2, 0.25) is 5.54 Å². The zero-order valence-electron chi connectivity index (χ0n) is 10.4. The van der Waals surface area contributed by atoms with Crippen LogP contribution in [0.1, 0.15) is 12.5 Å². The number of carbonyl (C=O) groups is 2. The predicted molar refractivity (Wildman–Crippen MR) is 62.2 cm³/mol. The van der Waals surface area contributed by atoms with Crippen molar-refractivity contribution < 1.29 is 22.8 Å². The van der Waals surface area contributed by atoms with Crippen molar-refractivity contribution in [3.8, 4) is 0 Å². The minimum atomic E-state index is -4.87. The Kier molecular flexibility index (Phi) is 3.07. The molecule has 0 spiro atoms. The number of nitrogen functional groups attached to an aromatic ring is 1. The van der Waals surface area contributed by atoms with Crippen LogP contribution in [0.3, 0.4) is 0 Å². The minimum absolute atomic E-state index is 0.228. The van der Waals surface area contributed by atoms with Crippen molar-refractivity contribution in [1.82, 2.24) is 15.2 Å². The number of imide groups is 1. The standard InChI is InChI=1S/C11H11F3N4O2/c1-10(11(12,13)14)8(19)18(9(20)17-10)5-6-2-3-7(15)16-4-6/h2-4H,5H2,1H3,(H2,15,16)(H,17,20). The van der Waals surface area contributed by atoms with Crippen molar-refractivity contribution in [1.29, 1.82) is 0 Å². The zero-order chi connectivity index (χ0) is 15.1. The van der Waals surface area contributed by atoms with E-state index in [9.17, 15) is 22.8 Å². The van der Waals surface area contributed by atoms with Crippen LogP contribution >= 0.6 is 0 Å². The number of nitrogens with one attached hydrogen (secondary N) is 1. The third kappa shape index (κ3) is 2.15. The fraction of sp³-hybridized carbons (Fsp3) is 0.364. The minimum Gasteiger partial charge on any atom is -0.384 e. The fourth-order valence-electron chi connectivity index (χ4n) is 1.74. The molecule has 1 aromatic rings. The third-order valence-electron chi connectivity index (χ3n) is 3.03. The Morgan fingerprint density at radius 1 is 1.40 bits per heavy atom. The molecule has 0 radical (unpaired) electrons. The van der Waals surface area contributed by atoms with Crippen LogP contribution in [0.4, 0.5) is 23.8 Å². The fourth-order valence-corrected chi connectivity index (χ4v) is 1.74. The van der Waals surface area contributed by atoms with Crippen molar-refractivity contribution >= 4 is 17.8 Å². The van der Waals surface area contributed by atoms with Crippen LogP contribution in [0.5, 0.6) is 0 Å². The van der Waals surface area contributed by atoms with Gasteiger partial charge in [-0.05, 0) is 18.6 Å². The Labute approximate surface area is 111 Å². The number of urea groups is 1. The van der Waals surface area contributed by atoms with Crippen LogP contribution in [-0.4, -0.2) is 33.5 Å². The molecule has 1 aliphatic heterocycles. The Hall–Kier alpha value is -2.32. The number of hydrogen-bond acceptors (Lipinski definition) is 4. The zero-order valence-corrected chi connectivity index (χ0v) is 10.4. The number of alkyl halides is 3. The van der Waals surface area contributed by atoms with E-state index in [-0.39, 0.29) is 12.4 Å². The third-order valence-corrected chi connectivity index (χ3v) is 3.03. The number of aromatic nitrogens is 1. The van der Waals surface area contributed by atoms with E-state index in [1.54, 1.807) is 5.32 Å². The lowest BCUT2D eigenvalue weighted by molar-refractivity contribution is -0.191. The highest BCUT2D eigenvalue weighted by atomic mass is 19.4. The molecule has 6 nitrogen and oxygen atoms in total. The maximum atomic E-state index is 12.8. The summed E-state index contributed by atoms with van der Waals surface area (Å²) in [6.07, 6.45) is -3.58. The number of carbonyl (C=O) groups excluding carboxylic acids is 2. The van der Waals surface area contributed by atoms with E-state index in [1.807, 2.05) is 0 Å². The summed E-state index contributed by atoms with van der Waals surface area (Å²) in [6.45, 7) is 0.331. The summed E-state index contributed by atoms with van der Waals surface area (Å²) in [5.74, 6) is -1.11. The first-order chi connectivity index (χ1) is 9.15. The molecule has 3 amide bonds. The smallest absolute Gasteiger partial charge is 0.384 e. The van der Waals surface area contributed by atoms with Gasteiger partial charge in [0.1, 0.15) is 5.82 Å². The number of hydrogen-bond donors (Lipinski definition) is 2. The van der Waals surface area contributed by atoms with Gasteiger partial charge in [-0.1, -0.05) is 6.07 Å². The highest BCUT2D eigenvalue weighted by molar-refractivity contribution is 6.07. The maximum absolute atomic E-state index is 12.8. The van der Waals surface area contributed by atoms with E-state index in [4.69, 9.17) is 5.73 Å². The van der Waals surface area contributed by atoms with E-state index in [0.29, 0.717) is 17.4 Å². The number of rotatable bonds is 2. The Bertz CT molecular complexity index is 558. The number of halogens is 3. The second kappa shape index (κ2) is 4.36. The number of nitrogens with two attached hydrogens (primary N) is 1. The van der Waals surface area contributed by atoms with Crippen LogP contribution in [0, 0.1) is 0 Å². The normalized spacial score (nSPS) is 23.1. The van der Waals surface area contributed by atoms with Crippen LogP contribution in [-0.2, 0) is 11.3 Å². The predicted octanol–water partition coefficient (Wildman–Crippen LogP) is 1.04. The second-order valence-electron chi connectivity index (χ2n) is 4.54. The second-order valence-corrected chi connectivity index (χ2v) is 4.54. The van der Waals surface area contributed by atoms with Crippen molar-refractivity contribution in [2.45, 2.75) is 25.2 Å². The first-order valence-corrected chi connectivity index (χ1v) is 5.56. The summed E-state index contributed by atoms with van der Waals surface area (Å²) in [4.78, 5) is 27.6. The lowest BCUT2D eigenvalue weighted by Crippen LogP contribution is -2.56. The van der Waals surface area contributed by atoms with Crippen LogP contribution in [0.15, 0.2) is 18.3 Å². The van der Waals surface area contributed by atoms with Crippen molar-refractivity contribution in [3.05, 3.63) is 23.9 Å². The maximum Gasteiger partial charge on any atom is 0.420 e. The molecule has 1 unspecified atom stereocenters. The van der Waals surface area contributed by atoms with E-state index >= 15 is 0 Å². The monoisotopic (exact) mass is 288 g/mol. The van der Waals surface area contributed by atoms with Gasteiger partial charge >= 0.3 is 12.2 Å². The summed E-state index contributed by atoms with van der Waals surface area (Å²) in [5, 5.41) is 1.67. The van der Waals surface area contributed by atoms with Crippen molar-refractivity contribution in [3.63, 3.8) is 0 Å². The van der Waals surface area contributed by atoms with Crippen LogP contribution in [0.25, 0.3) is 0 Å². The molecule has 108 valence electrons. The van der Waals surface area contributed by atoms with Gasteiger partial charge in [-0.25, -0.2) is 9.78 Å². The summed E-state index contributed by atoms with van der Waals surface area (Å²) >= 11 is 0. The van der Waals surface area contributed by atoms with Gasteiger partial charge in [0, 0.05) is 6.20 Å². The molecule has 0 saturated carbocycles. The number of pyridine rings is 1. The van der Waals surface area contributed by atoms with Crippen molar-refractivity contribution in [2.24, 2.45) is 0 Å². The molecular weight excluding hydrogens is 277 g/mol. The molecule has 0 aromatic carbocycles. The molecule has 3 N–H and O–H groups in total. The molecule has 1 saturated heterocycles. The Balaban J connectivity index is 2.24. The molecule has 1 atom stereocenters. The molecule has 1 fully saturated rings. The molecule has 1 aromatic heterocycles. The van der Waals surface area contributed by atoms with Crippen molar-refractivity contribution in [2.75, 3.05) is 5.73 Å². The molecular formula is C11H11F3N4O2. The summed E-state index contributed by atoms with van der Waals surface area (Å²) in [6, 6.07) is 1.81. The van der Waals surface area contributed by atoms with Gasteiger partial charge in [-0.3, -0.25) is 9.69 Å². The Morgan fingerprint density at radius 2 is 2.05 bits per heavy atom.